The number of fused-ring (bicyclic) bond motifs is 1. The lowest BCUT2D eigenvalue weighted by molar-refractivity contribution is 0.215. The Morgan fingerprint density at radius 1 is 1.53 bits per heavy atom. The molecule has 17 heavy (non-hydrogen) atoms. The fraction of sp³-hybridized carbons (Fsp3) is 0.417. The average Bonchev–Trinajstić information content (AvgIpc) is 2.89. The van der Waals surface area contributed by atoms with Gasteiger partial charge in [-0.3, -0.25) is 4.68 Å². The van der Waals surface area contributed by atoms with Gasteiger partial charge < -0.3 is 10.1 Å². The van der Waals surface area contributed by atoms with Gasteiger partial charge in [-0.05, 0) is 31.2 Å². The second-order valence-electron chi connectivity index (χ2n) is 4.32. The van der Waals surface area contributed by atoms with Crippen molar-refractivity contribution >= 4 is 10.9 Å². The number of nitrogens with one attached hydrogen (secondary N) is 1. The molecule has 1 aromatic heterocycles. The number of hydrogen-bond acceptors (Lipinski definition) is 3. The molecule has 1 N–H and O–H groups in total. The number of benzene rings is 1. The quantitative estimate of drug-likeness (QED) is 0.856. The van der Waals surface area contributed by atoms with Gasteiger partial charge in [0.15, 0.2) is 0 Å². The highest BCUT2D eigenvalue weighted by Gasteiger charge is 2.19. The maximum absolute atomic E-state index is 13.1. The van der Waals surface area contributed by atoms with E-state index in [1.54, 1.807) is 17.8 Å². The third kappa shape index (κ3) is 1.86. The van der Waals surface area contributed by atoms with E-state index in [4.69, 9.17) is 4.74 Å². The van der Waals surface area contributed by atoms with E-state index < -0.39 is 0 Å². The van der Waals surface area contributed by atoms with Gasteiger partial charge in [0.2, 0.25) is 5.88 Å². The first kappa shape index (κ1) is 10.5. The minimum Gasteiger partial charge on any atom is -0.471 e. The number of aryl methyl sites for hydroxylation is 1. The van der Waals surface area contributed by atoms with Crippen LogP contribution >= 0.6 is 0 Å². The minimum atomic E-state index is -0.255. The van der Waals surface area contributed by atoms with Crippen molar-refractivity contribution in [2.75, 3.05) is 13.1 Å². The maximum atomic E-state index is 13.1. The van der Waals surface area contributed by atoms with E-state index in [0.29, 0.717) is 5.88 Å². The third-order valence-corrected chi connectivity index (χ3v) is 3.07. The van der Waals surface area contributed by atoms with Gasteiger partial charge in [0, 0.05) is 13.6 Å². The SMILES string of the molecule is Cn1nc(OC2CCNC2)c2ccc(F)cc21. The molecule has 1 aliphatic rings. The Morgan fingerprint density at radius 3 is 3.18 bits per heavy atom. The van der Waals surface area contributed by atoms with Gasteiger partial charge in [-0.25, -0.2) is 4.39 Å². The standard InChI is InChI=1S/C12H14FN3O/c1-16-11-6-8(13)2-3-10(11)12(15-16)17-9-4-5-14-7-9/h2-3,6,9,14H,4-5,7H2,1H3. The number of rotatable bonds is 2. The van der Waals surface area contributed by atoms with E-state index in [1.807, 2.05) is 0 Å². The van der Waals surface area contributed by atoms with Crippen LogP contribution < -0.4 is 10.1 Å². The van der Waals surface area contributed by atoms with Crippen molar-refractivity contribution in [3.8, 4) is 5.88 Å². The summed E-state index contributed by atoms with van der Waals surface area (Å²) in [5.41, 5.74) is 0.756. The van der Waals surface area contributed by atoms with Crippen LogP contribution in [-0.4, -0.2) is 29.0 Å². The summed E-state index contributed by atoms with van der Waals surface area (Å²) in [6.07, 6.45) is 1.15. The molecule has 0 saturated carbocycles. The molecule has 0 amide bonds. The van der Waals surface area contributed by atoms with E-state index in [0.717, 1.165) is 30.4 Å². The number of nitrogens with zero attached hydrogens (tertiary/aromatic N) is 2. The summed E-state index contributed by atoms with van der Waals surface area (Å²) >= 11 is 0. The zero-order chi connectivity index (χ0) is 11.8. The molecule has 2 heterocycles. The monoisotopic (exact) mass is 235 g/mol. The van der Waals surface area contributed by atoms with Gasteiger partial charge in [0.25, 0.3) is 0 Å². The second-order valence-corrected chi connectivity index (χ2v) is 4.32. The summed E-state index contributed by atoms with van der Waals surface area (Å²) < 4.78 is 20.6. The van der Waals surface area contributed by atoms with Crippen molar-refractivity contribution in [2.45, 2.75) is 12.5 Å². The summed E-state index contributed by atoms with van der Waals surface area (Å²) in [5, 5.41) is 8.39. The number of aromatic nitrogens is 2. The van der Waals surface area contributed by atoms with Crippen molar-refractivity contribution in [3.63, 3.8) is 0 Å². The zero-order valence-electron chi connectivity index (χ0n) is 9.61. The molecule has 0 bridgehead atoms. The molecular weight excluding hydrogens is 221 g/mol. The third-order valence-electron chi connectivity index (χ3n) is 3.07. The predicted molar refractivity (Wildman–Crippen MR) is 62.6 cm³/mol. The highest BCUT2D eigenvalue weighted by Crippen LogP contribution is 2.26. The molecule has 2 aromatic rings. The van der Waals surface area contributed by atoms with E-state index in [1.165, 1.54) is 12.1 Å². The molecule has 4 nitrogen and oxygen atoms in total. The molecule has 0 radical (unpaired) electrons. The van der Waals surface area contributed by atoms with E-state index in [-0.39, 0.29) is 11.9 Å². The zero-order valence-corrected chi connectivity index (χ0v) is 9.61. The van der Waals surface area contributed by atoms with E-state index >= 15 is 0 Å². The Bertz CT molecular complexity index is 546. The van der Waals surface area contributed by atoms with Crippen molar-refractivity contribution in [3.05, 3.63) is 24.0 Å². The van der Waals surface area contributed by atoms with Gasteiger partial charge >= 0.3 is 0 Å². The molecule has 1 saturated heterocycles. The topological polar surface area (TPSA) is 39.1 Å². The fourth-order valence-corrected chi connectivity index (χ4v) is 2.17. The Hall–Kier alpha value is -1.62. The number of halogens is 1. The highest BCUT2D eigenvalue weighted by molar-refractivity contribution is 5.84. The lowest BCUT2D eigenvalue weighted by atomic mass is 10.2. The average molecular weight is 235 g/mol. The molecule has 1 aliphatic heterocycles. The Kier molecular flexibility index (Phi) is 2.48. The van der Waals surface area contributed by atoms with E-state index in [2.05, 4.69) is 10.4 Å². The smallest absolute Gasteiger partial charge is 0.241 e. The molecule has 3 rings (SSSR count). The molecule has 0 aliphatic carbocycles. The lowest BCUT2D eigenvalue weighted by Gasteiger charge is -2.09. The van der Waals surface area contributed by atoms with Crippen LogP contribution in [0.15, 0.2) is 18.2 Å². The summed E-state index contributed by atoms with van der Waals surface area (Å²) in [4.78, 5) is 0. The Balaban J connectivity index is 1.98. The van der Waals surface area contributed by atoms with Crippen LogP contribution in [0.4, 0.5) is 4.39 Å². The number of hydrogen-bond donors (Lipinski definition) is 1. The van der Waals surface area contributed by atoms with Gasteiger partial charge in [-0.15, -0.1) is 5.10 Å². The molecular formula is C12H14FN3O. The summed E-state index contributed by atoms with van der Waals surface area (Å²) in [7, 11) is 1.79. The summed E-state index contributed by atoms with van der Waals surface area (Å²) in [5.74, 6) is 0.339. The lowest BCUT2D eigenvalue weighted by Crippen LogP contribution is -2.19. The van der Waals surface area contributed by atoms with Crippen LogP contribution in [0.2, 0.25) is 0 Å². The van der Waals surface area contributed by atoms with Gasteiger partial charge in [-0.1, -0.05) is 0 Å². The fourth-order valence-electron chi connectivity index (χ4n) is 2.17. The predicted octanol–water partition coefficient (Wildman–Crippen LogP) is 1.45. The van der Waals surface area contributed by atoms with Gasteiger partial charge in [-0.2, -0.15) is 0 Å². The van der Waals surface area contributed by atoms with Gasteiger partial charge in [0.05, 0.1) is 10.9 Å². The normalized spacial score (nSPS) is 20.0. The van der Waals surface area contributed by atoms with Crippen LogP contribution in [0.1, 0.15) is 6.42 Å². The number of ether oxygens (including phenoxy) is 1. The van der Waals surface area contributed by atoms with Crippen LogP contribution in [0, 0.1) is 5.82 Å². The molecule has 5 heteroatoms. The van der Waals surface area contributed by atoms with Gasteiger partial charge in [0.1, 0.15) is 11.9 Å². The first-order valence-corrected chi connectivity index (χ1v) is 5.73. The van der Waals surface area contributed by atoms with Crippen LogP contribution in [-0.2, 0) is 7.05 Å². The largest absolute Gasteiger partial charge is 0.471 e. The molecule has 1 unspecified atom stereocenters. The maximum Gasteiger partial charge on any atom is 0.241 e. The molecule has 1 aromatic carbocycles. The van der Waals surface area contributed by atoms with Crippen molar-refractivity contribution in [1.29, 1.82) is 0 Å². The molecule has 0 spiro atoms. The van der Waals surface area contributed by atoms with Crippen LogP contribution in [0.3, 0.4) is 0 Å². The Labute approximate surface area is 98.4 Å². The highest BCUT2D eigenvalue weighted by atomic mass is 19.1. The van der Waals surface area contributed by atoms with Crippen molar-refractivity contribution in [2.24, 2.45) is 7.05 Å². The van der Waals surface area contributed by atoms with E-state index in [9.17, 15) is 4.39 Å². The Morgan fingerprint density at radius 2 is 2.41 bits per heavy atom. The van der Waals surface area contributed by atoms with Crippen LogP contribution in [0.5, 0.6) is 5.88 Å². The molecule has 90 valence electrons. The summed E-state index contributed by atoms with van der Waals surface area (Å²) in [6.45, 7) is 1.82. The van der Waals surface area contributed by atoms with Crippen LogP contribution in [0.25, 0.3) is 10.9 Å². The second kappa shape index (κ2) is 4.00. The first-order valence-electron chi connectivity index (χ1n) is 5.73. The molecule has 1 atom stereocenters. The first-order chi connectivity index (χ1) is 8.24. The van der Waals surface area contributed by atoms with Crippen molar-refractivity contribution < 1.29 is 9.13 Å². The molecule has 1 fully saturated rings. The summed E-state index contributed by atoms with van der Waals surface area (Å²) in [6, 6.07) is 4.63. The van der Waals surface area contributed by atoms with Crippen molar-refractivity contribution in [1.82, 2.24) is 15.1 Å². The minimum absolute atomic E-state index is 0.165.